The third-order valence-corrected chi connectivity index (χ3v) is 4.58. The summed E-state index contributed by atoms with van der Waals surface area (Å²) in [4.78, 5) is 4.21. The molecule has 2 rings (SSSR count). The Morgan fingerprint density at radius 3 is 2.15 bits per heavy atom. The molecule has 146 valence electrons. The van der Waals surface area contributed by atoms with Crippen molar-refractivity contribution in [3.05, 3.63) is 54.1 Å². The average Bonchev–Trinajstić information content (AvgIpc) is 2.65. The topological polar surface area (TPSA) is 27.7 Å². The predicted octanol–water partition coefficient (Wildman–Crippen LogP) is 4.96. The fraction of sp³-hybridized carbons (Fsp3) is 0.350. The summed E-state index contributed by atoms with van der Waals surface area (Å²) < 4.78 is 28.7. The molecule has 0 aliphatic rings. The van der Waals surface area contributed by atoms with Crippen LogP contribution in [0.2, 0.25) is 0 Å². The summed E-state index contributed by atoms with van der Waals surface area (Å²) in [6.45, 7) is 4.07. The highest BCUT2D eigenvalue weighted by molar-refractivity contribution is 7.80. The summed E-state index contributed by atoms with van der Waals surface area (Å²) in [7, 11) is 1.90. The van der Waals surface area contributed by atoms with Crippen LogP contribution in [0.1, 0.15) is 19.4 Å². The average molecular weight is 394 g/mol. The Hall–Kier alpha value is -2.41. The van der Waals surface area contributed by atoms with Gasteiger partial charge in [-0.1, -0.05) is 12.1 Å². The summed E-state index contributed by atoms with van der Waals surface area (Å²) in [5.41, 5.74) is 3.07. The molecule has 2 aromatic carbocycles. The molecule has 0 saturated carbocycles. The molecule has 0 radical (unpaired) electrons. The zero-order chi connectivity index (χ0) is 19.8. The number of thiocarbonyl (C=S) groups is 1. The number of hydrogen-bond acceptors (Lipinski definition) is 3. The van der Waals surface area contributed by atoms with E-state index in [1.807, 2.05) is 11.9 Å². The minimum absolute atomic E-state index is 0.114. The third kappa shape index (κ3) is 6.36. The Labute approximate surface area is 164 Å². The number of halogens is 2. The fourth-order valence-corrected chi connectivity index (χ4v) is 2.87. The highest BCUT2D eigenvalue weighted by Crippen LogP contribution is 2.19. The molecule has 0 atom stereocenters. The van der Waals surface area contributed by atoms with Gasteiger partial charge in [-0.25, -0.2) is 0 Å². The SMILES string of the molecule is CCN(CC)c1ccc(CN(C)C(=S)Nc2ccc(OC(F)F)cc2)cc1. The van der Waals surface area contributed by atoms with Crippen LogP contribution in [-0.2, 0) is 6.54 Å². The molecule has 0 aliphatic heterocycles. The van der Waals surface area contributed by atoms with Crippen molar-refractivity contribution < 1.29 is 13.5 Å². The molecule has 7 heteroatoms. The van der Waals surface area contributed by atoms with Crippen LogP contribution in [0.15, 0.2) is 48.5 Å². The summed E-state index contributed by atoms with van der Waals surface area (Å²) in [6, 6.07) is 14.7. The molecule has 0 bridgehead atoms. The number of alkyl halides is 2. The molecule has 0 spiro atoms. The lowest BCUT2D eigenvalue weighted by Gasteiger charge is -2.23. The first-order valence-electron chi connectivity index (χ1n) is 8.83. The van der Waals surface area contributed by atoms with Crippen LogP contribution in [0, 0.1) is 0 Å². The molecule has 4 nitrogen and oxygen atoms in total. The number of rotatable bonds is 8. The van der Waals surface area contributed by atoms with Gasteiger partial charge in [-0.15, -0.1) is 0 Å². The maximum atomic E-state index is 12.2. The molecule has 0 saturated heterocycles. The lowest BCUT2D eigenvalue weighted by atomic mass is 10.2. The molecule has 0 aliphatic carbocycles. The normalized spacial score (nSPS) is 10.6. The van der Waals surface area contributed by atoms with Gasteiger partial charge in [-0.3, -0.25) is 0 Å². The lowest BCUT2D eigenvalue weighted by Crippen LogP contribution is -2.30. The van der Waals surface area contributed by atoms with Crippen molar-refractivity contribution in [3.63, 3.8) is 0 Å². The van der Waals surface area contributed by atoms with Crippen molar-refractivity contribution in [1.29, 1.82) is 0 Å². The number of benzene rings is 2. The number of anilines is 2. The van der Waals surface area contributed by atoms with Gasteiger partial charge in [0.25, 0.3) is 0 Å². The fourth-order valence-electron chi connectivity index (χ4n) is 2.69. The van der Waals surface area contributed by atoms with Crippen LogP contribution >= 0.6 is 12.2 Å². The Bertz CT molecular complexity index is 719. The zero-order valence-electron chi connectivity index (χ0n) is 15.8. The largest absolute Gasteiger partial charge is 0.435 e. The van der Waals surface area contributed by atoms with E-state index in [1.54, 1.807) is 12.1 Å². The maximum absolute atomic E-state index is 12.2. The van der Waals surface area contributed by atoms with E-state index >= 15 is 0 Å². The van der Waals surface area contributed by atoms with Crippen LogP contribution in [0.5, 0.6) is 5.75 Å². The van der Waals surface area contributed by atoms with E-state index in [0.29, 0.717) is 17.3 Å². The van der Waals surface area contributed by atoms with Crippen LogP contribution in [0.4, 0.5) is 20.2 Å². The minimum Gasteiger partial charge on any atom is -0.435 e. The second-order valence-corrected chi connectivity index (χ2v) is 6.41. The van der Waals surface area contributed by atoms with Crippen molar-refractivity contribution in [2.75, 3.05) is 30.4 Å². The zero-order valence-corrected chi connectivity index (χ0v) is 16.6. The van der Waals surface area contributed by atoms with E-state index in [9.17, 15) is 8.78 Å². The summed E-state index contributed by atoms with van der Waals surface area (Å²) >= 11 is 5.42. The first kappa shape index (κ1) is 20.9. The first-order valence-corrected chi connectivity index (χ1v) is 9.24. The van der Waals surface area contributed by atoms with Gasteiger partial charge in [0, 0.05) is 38.1 Å². The van der Waals surface area contributed by atoms with Crippen LogP contribution in [0.3, 0.4) is 0 Å². The summed E-state index contributed by atoms with van der Waals surface area (Å²) in [6.07, 6.45) is 0. The van der Waals surface area contributed by atoms with Crippen molar-refractivity contribution in [2.24, 2.45) is 0 Å². The maximum Gasteiger partial charge on any atom is 0.387 e. The van der Waals surface area contributed by atoms with Gasteiger partial charge in [0.2, 0.25) is 0 Å². The quantitative estimate of drug-likeness (QED) is 0.640. The molecule has 2 aromatic rings. The molecular formula is C20H25F2N3OS. The number of nitrogens with one attached hydrogen (secondary N) is 1. The van der Waals surface area contributed by atoms with Gasteiger partial charge < -0.3 is 19.9 Å². The minimum atomic E-state index is -2.83. The third-order valence-electron chi connectivity index (χ3n) is 4.16. The summed E-state index contributed by atoms with van der Waals surface area (Å²) in [5, 5.41) is 3.64. The standard InChI is InChI=1S/C20H25F2N3OS/c1-4-25(5-2)17-10-6-15(7-11-17)14-24(3)20(27)23-16-8-12-18(13-9-16)26-19(21)22/h6-13,19H,4-5,14H2,1-3H3,(H,23,27). The Balaban J connectivity index is 1.91. The van der Waals surface area contributed by atoms with Crippen LogP contribution < -0.4 is 15.0 Å². The Morgan fingerprint density at radius 1 is 1.04 bits per heavy atom. The van der Waals surface area contributed by atoms with Crippen LogP contribution in [0.25, 0.3) is 0 Å². The number of hydrogen-bond donors (Lipinski definition) is 1. The van der Waals surface area contributed by atoms with E-state index in [-0.39, 0.29) is 5.75 Å². The van der Waals surface area contributed by atoms with Gasteiger partial charge in [0.15, 0.2) is 5.11 Å². The molecule has 0 unspecified atom stereocenters. The lowest BCUT2D eigenvalue weighted by molar-refractivity contribution is -0.0498. The molecule has 27 heavy (non-hydrogen) atoms. The highest BCUT2D eigenvalue weighted by atomic mass is 32.1. The molecular weight excluding hydrogens is 368 g/mol. The molecule has 0 aromatic heterocycles. The van der Waals surface area contributed by atoms with E-state index in [4.69, 9.17) is 12.2 Å². The molecule has 0 heterocycles. The summed E-state index contributed by atoms with van der Waals surface area (Å²) in [5.74, 6) is 0.114. The second kappa shape index (κ2) is 10.1. The highest BCUT2D eigenvalue weighted by Gasteiger charge is 2.08. The van der Waals surface area contributed by atoms with Crippen molar-refractivity contribution in [2.45, 2.75) is 27.0 Å². The molecule has 0 fully saturated rings. The van der Waals surface area contributed by atoms with Gasteiger partial charge in [0.1, 0.15) is 5.75 Å². The number of nitrogens with zero attached hydrogens (tertiary/aromatic N) is 2. The first-order chi connectivity index (χ1) is 12.9. The monoisotopic (exact) mass is 393 g/mol. The second-order valence-electron chi connectivity index (χ2n) is 6.03. The smallest absolute Gasteiger partial charge is 0.387 e. The van der Waals surface area contributed by atoms with E-state index in [2.05, 4.69) is 53.1 Å². The Kier molecular flexibility index (Phi) is 7.79. The van der Waals surface area contributed by atoms with Crippen molar-refractivity contribution in [3.8, 4) is 5.75 Å². The van der Waals surface area contributed by atoms with Crippen molar-refractivity contribution in [1.82, 2.24) is 4.90 Å². The predicted molar refractivity (Wildman–Crippen MR) is 111 cm³/mol. The van der Waals surface area contributed by atoms with E-state index < -0.39 is 6.61 Å². The van der Waals surface area contributed by atoms with E-state index in [0.717, 1.165) is 18.7 Å². The van der Waals surface area contributed by atoms with Gasteiger partial charge in [-0.2, -0.15) is 8.78 Å². The Morgan fingerprint density at radius 2 is 1.63 bits per heavy atom. The van der Waals surface area contributed by atoms with Gasteiger partial charge in [-0.05, 0) is 68.0 Å². The molecule has 1 N–H and O–H groups in total. The van der Waals surface area contributed by atoms with Gasteiger partial charge >= 0.3 is 6.61 Å². The van der Waals surface area contributed by atoms with Gasteiger partial charge in [0.05, 0.1) is 0 Å². The molecule has 0 amide bonds. The van der Waals surface area contributed by atoms with Crippen molar-refractivity contribution >= 4 is 28.7 Å². The van der Waals surface area contributed by atoms with E-state index in [1.165, 1.54) is 17.8 Å². The number of ether oxygens (including phenoxy) is 1. The van der Waals surface area contributed by atoms with Crippen LogP contribution in [-0.4, -0.2) is 36.8 Å².